The SMILES string of the molecule is CCc1c(N)ncnc1NCC(C)(C)SC. The van der Waals surface area contributed by atoms with Crippen molar-refractivity contribution in [2.75, 3.05) is 23.9 Å². The van der Waals surface area contributed by atoms with Crippen molar-refractivity contribution < 1.29 is 0 Å². The third-order valence-electron chi connectivity index (χ3n) is 2.57. The van der Waals surface area contributed by atoms with Gasteiger partial charge in [-0.25, -0.2) is 9.97 Å². The van der Waals surface area contributed by atoms with E-state index in [2.05, 4.69) is 42.3 Å². The lowest BCUT2D eigenvalue weighted by Gasteiger charge is -2.23. The van der Waals surface area contributed by atoms with E-state index in [1.54, 1.807) is 0 Å². The Labute approximate surface area is 101 Å². The molecule has 1 aromatic heterocycles. The van der Waals surface area contributed by atoms with Crippen LogP contribution in [0.1, 0.15) is 26.3 Å². The van der Waals surface area contributed by atoms with E-state index in [-0.39, 0.29) is 4.75 Å². The molecule has 0 bridgehead atoms. The number of nitrogen functional groups attached to an aromatic ring is 1. The average molecular weight is 240 g/mol. The van der Waals surface area contributed by atoms with Gasteiger partial charge in [-0.05, 0) is 26.5 Å². The van der Waals surface area contributed by atoms with Crippen LogP contribution < -0.4 is 11.1 Å². The van der Waals surface area contributed by atoms with Crippen molar-refractivity contribution in [1.29, 1.82) is 0 Å². The van der Waals surface area contributed by atoms with E-state index in [0.717, 1.165) is 24.3 Å². The van der Waals surface area contributed by atoms with Crippen LogP contribution in [0.3, 0.4) is 0 Å². The number of nitrogens with two attached hydrogens (primary N) is 1. The molecule has 0 atom stereocenters. The lowest BCUT2D eigenvalue weighted by atomic mass is 10.2. The molecule has 0 aliphatic heterocycles. The summed E-state index contributed by atoms with van der Waals surface area (Å²) in [6.45, 7) is 7.30. The van der Waals surface area contributed by atoms with Crippen molar-refractivity contribution in [2.24, 2.45) is 0 Å². The fourth-order valence-corrected chi connectivity index (χ4v) is 1.51. The molecule has 5 heteroatoms. The monoisotopic (exact) mass is 240 g/mol. The first-order valence-corrected chi connectivity index (χ1v) is 6.61. The Balaban J connectivity index is 2.78. The second kappa shape index (κ2) is 5.39. The van der Waals surface area contributed by atoms with Gasteiger partial charge in [-0.3, -0.25) is 0 Å². The molecule has 0 saturated carbocycles. The number of anilines is 2. The molecule has 0 radical (unpaired) electrons. The van der Waals surface area contributed by atoms with Gasteiger partial charge in [-0.15, -0.1) is 0 Å². The predicted octanol–water partition coefficient (Wildman–Crippen LogP) is 2.17. The van der Waals surface area contributed by atoms with Crippen LogP contribution in [0.5, 0.6) is 0 Å². The van der Waals surface area contributed by atoms with Crippen molar-refractivity contribution in [1.82, 2.24) is 9.97 Å². The van der Waals surface area contributed by atoms with Gasteiger partial charge in [0, 0.05) is 16.9 Å². The minimum Gasteiger partial charge on any atom is -0.383 e. The average Bonchev–Trinajstić information content (AvgIpc) is 2.26. The van der Waals surface area contributed by atoms with Crippen LogP contribution in [0.15, 0.2) is 6.33 Å². The van der Waals surface area contributed by atoms with Gasteiger partial charge in [0.1, 0.15) is 18.0 Å². The summed E-state index contributed by atoms with van der Waals surface area (Å²) >= 11 is 1.83. The zero-order chi connectivity index (χ0) is 12.2. The summed E-state index contributed by atoms with van der Waals surface area (Å²) in [5, 5.41) is 3.34. The maximum atomic E-state index is 5.81. The van der Waals surface area contributed by atoms with Crippen molar-refractivity contribution in [3.8, 4) is 0 Å². The molecular weight excluding hydrogens is 220 g/mol. The third-order valence-corrected chi connectivity index (χ3v) is 3.82. The Kier molecular flexibility index (Phi) is 4.41. The molecule has 0 unspecified atom stereocenters. The first-order chi connectivity index (χ1) is 7.50. The quantitative estimate of drug-likeness (QED) is 0.826. The molecule has 0 aromatic carbocycles. The molecule has 1 heterocycles. The summed E-state index contributed by atoms with van der Waals surface area (Å²) in [7, 11) is 0. The number of nitrogens with one attached hydrogen (secondary N) is 1. The van der Waals surface area contributed by atoms with E-state index in [1.165, 1.54) is 6.33 Å². The zero-order valence-electron chi connectivity index (χ0n) is 10.4. The molecule has 0 fully saturated rings. The molecule has 1 rings (SSSR count). The number of aromatic nitrogens is 2. The lowest BCUT2D eigenvalue weighted by molar-refractivity contribution is 0.748. The molecule has 4 nitrogen and oxygen atoms in total. The molecule has 90 valence electrons. The number of thioether (sulfide) groups is 1. The normalized spacial score (nSPS) is 11.5. The van der Waals surface area contributed by atoms with Crippen LogP contribution in [0.25, 0.3) is 0 Å². The largest absolute Gasteiger partial charge is 0.383 e. The molecule has 0 amide bonds. The summed E-state index contributed by atoms with van der Waals surface area (Å²) in [6, 6.07) is 0. The molecule has 1 aromatic rings. The molecule has 16 heavy (non-hydrogen) atoms. The Morgan fingerprint density at radius 3 is 2.69 bits per heavy atom. The van der Waals surface area contributed by atoms with Crippen LogP contribution >= 0.6 is 11.8 Å². The molecule has 3 N–H and O–H groups in total. The van der Waals surface area contributed by atoms with E-state index >= 15 is 0 Å². The highest BCUT2D eigenvalue weighted by Gasteiger charge is 2.16. The minimum absolute atomic E-state index is 0.185. The molecule has 0 aliphatic rings. The van der Waals surface area contributed by atoms with Gasteiger partial charge in [0.25, 0.3) is 0 Å². The summed E-state index contributed by atoms with van der Waals surface area (Å²) in [6.07, 6.45) is 4.45. The number of hydrogen-bond donors (Lipinski definition) is 2. The van der Waals surface area contributed by atoms with Gasteiger partial charge in [0.05, 0.1) is 0 Å². The zero-order valence-corrected chi connectivity index (χ0v) is 11.2. The van der Waals surface area contributed by atoms with Gasteiger partial charge < -0.3 is 11.1 Å². The lowest BCUT2D eigenvalue weighted by Crippen LogP contribution is -2.26. The molecular formula is C11H20N4S. The third kappa shape index (κ3) is 3.27. The van der Waals surface area contributed by atoms with E-state index < -0.39 is 0 Å². The Morgan fingerprint density at radius 2 is 2.12 bits per heavy atom. The summed E-state index contributed by atoms with van der Waals surface area (Å²) in [4.78, 5) is 8.23. The first kappa shape index (κ1) is 13.1. The number of nitrogens with zero attached hydrogens (tertiary/aromatic N) is 2. The Morgan fingerprint density at radius 1 is 1.44 bits per heavy atom. The number of hydrogen-bond acceptors (Lipinski definition) is 5. The van der Waals surface area contributed by atoms with E-state index in [1.807, 2.05) is 11.8 Å². The van der Waals surface area contributed by atoms with Crippen LogP contribution in [0.2, 0.25) is 0 Å². The molecule has 0 saturated heterocycles. The van der Waals surface area contributed by atoms with Crippen LogP contribution in [-0.4, -0.2) is 27.5 Å². The fraction of sp³-hybridized carbons (Fsp3) is 0.636. The van der Waals surface area contributed by atoms with Gasteiger partial charge in [0.2, 0.25) is 0 Å². The van der Waals surface area contributed by atoms with Crippen molar-refractivity contribution in [3.05, 3.63) is 11.9 Å². The fourth-order valence-electron chi connectivity index (χ4n) is 1.30. The van der Waals surface area contributed by atoms with Gasteiger partial charge >= 0.3 is 0 Å². The van der Waals surface area contributed by atoms with Gasteiger partial charge in [-0.2, -0.15) is 11.8 Å². The summed E-state index contributed by atoms with van der Waals surface area (Å²) in [5.74, 6) is 1.43. The standard InChI is InChI=1S/C11H20N4S/c1-5-8-9(12)14-7-15-10(8)13-6-11(2,3)16-4/h7H,5-6H2,1-4H3,(H3,12,13,14,15). The highest BCUT2D eigenvalue weighted by molar-refractivity contribution is 7.99. The van der Waals surface area contributed by atoms with Crippen LogP contribution in [-0.2, 0) is 6.42 Å². The Hall–Kier alpha value is -0.970. The van der Waals surface area contributed by atoms with Crippen molar-refractivity contribution in [2.45, 2.75) is 31.9 Å². The second-order valence-corrected chi connectivity index (χ2v) is 5.77. The van der Waals surface area contributed by atoms with Crippen molar-refractivity contribution >= 4 is 23.4 Å². The highest BCUT2D eigenvalue weighted by atomic mass is 32.2. The number of rotatable bonds is 5. The predicted molar refractivity (Wildman–Crippen MR) is 71.9 cm³/mol. The summed E-state index contributed by atoms with van der Waals surface area (Å²) in [5.41, 5.74) is 6.81. The minimum atomic E-state index is 0.185. The Bertz CT molecular complexity index is 352. The topological polar surface area (TPSA) is 63.8 Å². The van der Waals surface area contributed by atoms with Gasteiger partial charge in [-0.1, -0.05) is 6.92 Å². The molecule has 0 aliphatic carbocycles. The van der Waals surface area contributed by atoms with Crippen molar-refractivity contribution in [3.63, 3.8) is 0 Å². The van der Waals surface area contributed by atoms with E-state index in [4.69, 9.17) is 5.73 Å². The molecule has 0 spiro atoms. The second-order valence-electron chi connectivity index (χ2n) is 4.26. The van der Waals surface area contributed by atoms with Crippen LogP contribution in [0, 0.1) is 0 Å². The maximum Gasteiger partial charge on any atom is 0.134 e. The van der Waals surface area contributed by atoms with Crippen LogP contribution in [0.4, 0.5) is 11.6 Å². The summed E-state index contributed by atoms with van der Waals surface area (Å²) < 4.78 is 0.185. The maximum absolute atomic E-state index is 5.81. The smallest absolute Gasteiger partial charge is 0.134 e. The van der Waals surface area contributed by atoms with E-state index in [9.17, 15) is 0 Å². The highest BCUT2D eigenvalue weighted by Crippen LogP contribution is 2.23. The van der Waals surface area contributed by atoms with E-state index in [0.29, 0.717) is 5.82 Å². The van der Waals surface area contributed by atoms with Gasteiger partial charge in [0.15, 0.2) is 0 Å². The first-order valence-electron chi connectivity index (χ1n) is 5.38.